The molecule has 0 saturated carbocycles. The van der Waals surface area contributed by atoms with Gasteiger partial charge in [-0.15, -0.1) is 0 Å². The number of aryl methyl sites for hydroxylation is 2. The maximum absolute atomic E-state index is 4.77. The molecule has 0 fully saturated rings. The fourth-order valence-electron chi connectivity index (χ4n) is 2.69. The van der Waals surface area contributed by atoms with Crippen LogP contribution in [0.3, 0.4) is 0 Å². The highest BCUT2D eigenvalue weighted by molar-refractivity contribution is 5.65. The first-order chi connectivity index (χ1) is 11.1. The van der Waals surface area contributed by atoms with Gasteiger partial charge in [0.15, 0.2) is 5.82 Å². The van der Waals surface area contributed by atoms with Crippen molar-refractivity contribution in [1.82, 2.24) is 15.5 Å². The van der Waals surface area contributed by atoms with Gasteiger partial charge in [0.1, 0.15) is 0 Å². The zero-order valence-corrected chi connectivity index (χ0v) is 13.7. The van der Waals surface area contributed by atoms with E-state index in [1.165, 1.54) is 34.2 Å². The molecule has 3 aromatic rings. The zero-order chi connectivity index (χ0) is 16.2. The van der Waals surface area contributed by atoms with Gasteiger partial charge in [-0.1, -0.05) is 58.7 Å². The highest BCUT2D eigenvalue weighted by Crippen LogP contribution is 2.22. The molecule has 4 nitrogen and oxygen atoms in total. The van der Waals surface area contributed by atoms with Crippen molar-refractivity contribution in [2.45, 2.75) is 33.4 Å². The molecule has 0 aliphatic carbocycles. The Morgan fingerprint density at radius 2 is 1.70 bits per heavy atom. The molecule has 0 amide bonds. The van der Waals surface area contributed by atoms with Crippen LogP contribution in [0.25, 0.3) is 11.1 Å². The van der Waals surface area contributed by atoms with E-state index in [4.69, 9.17) is 4.52 Å². The Bertz CT molecular complexity index is 744. The van der Waals surface area contributed by atoms with Gasteiger partial charge in [-0.25, -0.2) is 0 Å². The Kier molecular flexibility index (Phi) is 4.53. The maximum atomic E-state index is 4.77. The second-order valence-corrected chi connectivity index (χ2v) is 5.97. The van der Waals surface area contributed by atoms with Gasteiger partial charge in [-0.05, 0) is 37.5 Å². The van der Waals surface area contributed by atoms with E-state index < -0.39 is 0 Å². The van der Waals surface area contributed by atoms with Crippen molar-refractivity contribution in [3.63, 3.8) is 0 Å². The first-order valence-electron chi connectivity index (χ1n) is 7.79. The zero-order valence-electron chi connectivity index (χ0n) is 13.7. The molecule has 0 spiro atoms. The molecule has 118 valence electrons. The molecule has 0 aliphatic heterocycles. The highest BCUT2D eigenvalue weighted by atomic mass is 16.5. The van der Waals surface area contributed by atoms with Gasteiger partial charge in [0, 0.05) is 6.54 Å². The van der Waals surface area contributed by atoms with Gasteiger partial charge in [0.2, 0.25) is 6.39 Å². The van der Waals surface area contributed by atoms with Gasteiger partial charge >= 0.3 is 0 Å². The van der Waals surface area contributed by atoms with E-state index in [0.29, 0.717) is 5.82 Å². The summed E-state index contributed by atoms with van der Waals surface area (Å²) < 4.78 is 4.77. The minimum atomic E-state index is 0.0628. The van der Waals surface area contributed by atoms with Gasteiger partial charge in [-0.3, -0.25) is 0 Å². The van der Waals surface area contributed by atoms with E-state index in [1.54, 1.807) is 0 Å². The van der Waals surface area contributed by atoms with Crippen molar-refractivity contribution >= 4 is 0 Å². The van der Waals surface area contributed by atoms with Crippen LogP contribution in [0, 0.1) is 13.8 Å². The number of aromatic nitrogens is 2. The molecule has 0 radical (unpaired) electrons. The number of benzene rings is 2. The van der Waals surface area contributed by atoms with Gasteiger partial charge in [-0.2, -0.15) is 4.98 Å². The summed E-state index contributed by atoms with van der Waals surface area (Å²) in [6.07, 6.45) is 1.35. The third-order valence-electron chi connectivity index (χ3n) is 3.89. The first kappa shape index (κ1) is 15.4. The minimum absolute atomic E-state index is 0.0628. The molecular formula is C19H21N3O. The molecule has 2 aromatic carbocycles. The average Bonchev–Trinajstić information content (AvgIpc) is 3.07. The van der Waals surface area contributed by atoms with Crippen LogP contribution in [0.15, 0.2) is 53.4 Å². The van der Waals surface area contributed by atoms with Gasteiger partial charge in [0.25, 0.3) is 0 Å². The summed E-state index contributed by atoms with van der Waals surface area (Å²) >= 11 is 0. The Hall–Kier alpha value is -2.46. The smallest absolute Gasteiger partial charge is 0.213 e. The lowest BCUT2D eigenvalue weighted by molar-refractivity contribution is 0.398. The molecule has 0 unspecified atom stereocenters. The molecule has 0 bridgehead atoms. The first-order valence-corrected chi connectivity index (χ1v) is 7.79. The van der Waals surface area contributed by atoms with Gasteiger partial charge < -0.3 is 9.84 Å². The third-order valence-corrected chi connectivity index (χ3v) is 3.89. The standard InChI is InChI=1S/C19H21N3O/c1-13-8-14(2)10-18(9-13)17-6-4-16(5-7-17)11-20-15(3)19-21-12-23-22-19/h4-10,12,15,20H,11H2,1-3H3/t15-/m0/s1. The van der Waals surface area contributed by atoms with Crippen LogP contribution in [0.4, 0.5) is 0 Å². The molecule has 1 heterocycles. The van der Waals surface area contributed by atoms with Crippen LogP contribution in [-0.2, 0) is 6.54 Å². The minimum Gasteiger partial charge on any atom is -0.343 e. The Morgan fingerprint density at radius 3 is 2.30 bits per heavy atom. The van der Waals surface area contributed by atoms with Crippen molar-refractivity contribution in [3.8, 4) is 11.1 Å². The average molecular weight is 307 g/mol. The second kappa shape index (κ2) is 6.75. The molecule has 0 aliphatic rings. The Labute approximate surface area is 136 Å². The van der Waals surface area contributed by atoms with Crippen LogP contribution in [0.1, 0.15) is 35.5 Å². The summed E-state index contributed by atoms with van der Waals surface area (Å²) in [6.45, 7) is 7.06. The van der Waals surface area contributed by atoms with E-state index in [0.717, 1.165) is 6.54 Å². The Morgan fingerprint density at radius 1 is 1.00 bits per heavy atom. The normalized spacial score (nSPS) is 12.3. The summed E-state index contributed by atoms with van der Waals surface area (Å²) in [5.74, 6) is 0.678. The topological polar surface area (TPSA) is 51.0 Å². The lowest BCUT2D eigenvalue weighted by atomic mass is 10.00. The molecule has 3 rings (SSSR count). The number of hydrogen-bond acceptors (Lipinski definition) is 4. The van der Waals surface area contributed by atoms with Crippen LogP contribution in [-0.4, -0.2) is 10.1 Å². The number of rotatable bonds is 5. The van der Waals surface area contributed by atoms with Crippen molar-refractivity contribution in [2.24, 2.45) is 0 Å². The van der Waals surface area contributed by atoms with Crippen LogP contribution in [0.2, 0.25) is 0 Å². The van der Waals surface area contributed by atoms with E-state index in [-0.39, 0.29) is 6.04 Å². The summed E-state index contributed by atoms with van der Waals surface area (Å²) in [7, 11) is 0. The molecule has 23 heavy (non-hydrogen) atoms. The summed E-state index contributed by atoms with van der Waals surface area (Å²) in [6, 6.07) is 15.4. The van der Waals surface area contributed by atoms with E-state index in [1.807, 2.05) is 6.92 Å². The second-order valence-electron chi connectivity index (χ2n) is 5.97. The maximum Gasteiger partial charge on any atom is 0.213 e. The van der Waals surface area contributed by atoms with Crippen LogP contribution < -0.4 is 5.32 Å². The molecule has 1 atom stereocenters. The van der Waals surface area contributed by atoms with Crippen LogP contribution >= 0.6 is 0 Å². The van der Waals surface area contributed by atoms with E-state index >= 15 is 0 Å². The fourth-order valence-corrected chi connectivity index (χ4v) is 2.69. The fraction of sp³-hybridized carbons (Fsp3) is 0.263. The largest absolute Gasteiger partial charge is 0.343 e. The number of nitrogens with zero attached hydrogens (tertiary/aromatic N) is 2. The lowest BCUT2D eigenvalue weighted by Gasteiger charge is -2.11. The lowest BCUT2D eigenvalue weighted by Crippen LogP contribution is -2.19. The highest BCUT2D eigenvalue weighted by Gasteiger charge is 2.09. The molecule has 4 heteroatoms. The Balaban J connectivity index is 1.67. The van der Waals surface area contributed by atoms with Crippen molar-refractivity contribution in [2.75, 3.05) is 0 Å². The van der Waals surface area contributed by atoms with E-state index in [9.17, 15) is 0 Å². The van der Waals surface area contributed by atoms with Crippen molar-refractivity contribution < 1.29 is 4.52 Å². The number of nitrogens with one attached hydrogen (secondary N) is 1. The monoisotopic (exact) mass is 307 g/mol. The van der Waals surface area contributed by atoms with Gasteiger partial charge in [0.05, 0.1) is 6.04 Å². The molecule has 1 N–H and O–H groups in total. The molecule has 0 saturated heterocycles. The van der Waals surface area contributed by atoms with Crippen molar-refractivity contribution in [3.05, 3.63) is 71.4 Å². The predicted octanol–water partition coefficient (Wildman–Crippen LogP) is 4.20. The molecule has 1 aromatic heterocycles. The number of hydrogen-bond donors (Lipinski definition) is 1. The van der Waals surface area contributed by atoms with Crippen molar-refractivity contribution in [1.29, 1.82) is 0 Å². The summed E-state index contributed by atoms with van der Waals surface area (Å²) in [5, 5.41) is 7.24. The molecular weight excluding hydrogens is 286 g/mol. The van der Waals surface area contributed by atoms with Crippen LogP contribution in [0.5, 0.6) is 0 Å². The predicted molar refractivity (Wildman–Crippen MR) is 90.9 cm³/mol. The quantitative estimate of drug-likeness (QED) is 0.767. The SMILES string of the molecule is Cc1cc(C)cc(-c2ccc(CN[C@@H](C)c3ncon3)cc2)c1. The van der Waals surface area contributed by atoms with E-state index in [2.05, 4.69) is 71.8 Å². The summed E-state index contributed by atoms with van der Waals surface area (Å²) in [4.78, 5) is 4.06. The third kappa shape index (κ3) is 3.85. The summed E-state index contributed by atoms with van der Waals surface area (Å²) in [5.41, 5.74) is 6.32.